The average molecular weight is 292 g/mol. The molecule has 1 N–H and O–H groups in total. The number of carbonyl (C=O) groups is 1. The highest BCUT2D eigenvalue weighted by Crippen LogP contribution is 2.42. The highest BCUT2D eigenvalue weighted by Gasteiger charge is 2.22. The van der Waals surface area contributed by atoms with Gasteiger partial charge in [0.2, 0.25) is 0 Å². The molecule has 1 aromatic rings. The smallest absolute Gasteiger partial charge is 0.338 e. The number of aromatic carboxylic acids is 1. The van der Waals surface area contributed by atoms with Gasteiger partial charge in [0.25, 0.3) is 0 Å². The summed E-state index contributed by atoms with van der Waals surface area (Å²) in [5, 5.41) is 8.39. The van der Waals surface area contributed by atoms with Crippen LogP contribution in [0.2, 0.25) is 20.1 Å². The first-order valence-corrected chi connectivity index (χ1v) is 5.12. The second kappa shape index (κ2) is 4.37. The monoisotopic (exact) mass is 290 g/mol. The summed E-state index contributed by atoms with van der Waals surface area (Å²) in [4.78, 5) is 10.9. The molecule has 1 rings (SSSR count). The number of halogens is 4. The summed E-state index contributed by atoms with van der Waals surface area (Å²) in [6.07, 6.45) is 0. The first-order chi connectivity index (χ1) is 6.37. The van der Waals surface area contributed by atoms with Gasteiger partial charge in [-0.1, -0.05) is 46.4 Å². The molecule has 0 aromatic heterocycles. The van der Waals surface area contributed by atoms with Crippen LogP contribution in [0.3, 0.4) is 0 Å². The summed E-state index contributed by atoms with van der Waals surface area (Å²) < 4.78 is 0. The van der Waals surface area contributed by atoms with E-state index in [2.05, 4.69) is 12.6 Å². The highest BCUT2D eigenvalue weighted by atomic mass is 35.5. The second-order valence-corrected chi connectivity index (χ2v) is 4.24. The van der Waals surface area contributed by atoms with E-state index in [0.717, 1.165) is 0 Å². The number of carboxylic acid groups (broad SMARTS) is 1. The number of rotatable bonds is 1. The summed E-state index contributed by atoms with van der Waals surface area (Å²) >= 11 is 26.7. The van der Waals surface area contributed by atoms with E-state index in [1.165, 1.54) is 0 Å². The van der Waals surface area contributed by atoms with E-state index in [1.807, 2.05) is 0 Å². The van der Waals surface area contributed by atoms with Gasteiger partial charge in [0.1, 0.15) is 0 Å². The van der Waals surface area contributed by atoms with Gasteiger partial charge in [0.15, 0.2) is 0 Å². The molecule has 0 aliphatic carbocycles. The highest BCUT2D eigenvalue weighted by molar-refractivity contribution is 7.80. The van der Waals surface area contributed by atoms with Crippen LogP contribution in [0.1, 0.15) is 10.4 Å². The zero-order valence-electron chi connectivity index (χ0n) is 6.31. The van der Waals surface area contributed by atoms with Crippen molar-refractivity contribution in [3.63, 3.8) is 0 Å². The Hall–Kier alpha value is 0.200. The van der Waals surface area contributed by atoms with Crippen molar-refractivity contribution in [1.82, 2.24) is 0 Å². The van der Waals surface area contributed by atoms with Crippen molar-refractivity contribution in [3.05, 3.63) is 25.7 Å². The Labute approximate surface area is 105 Å². The number of hydrogen-bond donors (Lipinski definition) is 2. The lowest BCUT2D eigenvalue weighted by molar-refractivity contribution is 0.0697. The molecule has 0 aliphatic heterocycles. The Balaban J connectivity index is 3.68. The van der Waals surface area contributed by atoms with Crippen LogP contribution in [0.25, 0.3) is 0 Å². The molecule has 14 heavy (non-hydrogen) atoms. The molecular weight excluding hydrogens is 290 g/mol. The molecule has 0 fully saturated rings. The predicted molar refractivity (Wildman–Crippen MR) is 60.7 cm³/mol. The Morgan fingerprint density at radius 3 is 1.64 bits per heavy atom. The average Bonchev–Trinajstić information content (AvgIpc) is 2.11. The lowest BCUT2D eigenvalue weighted by Gasteiger charge is -2.09. The van der Waals surface area contributed by atoms with Crippen molar-refractivity contribution in [2.24, 2.45) is 0 Å². The molecule has 0 saturated carbocycles. The first-order valence-electron chi connectivity index (χ1n) is 3.16. The molecule has 2 nitrogen and oxygen atoms in total. The van der Waals surface area contributed by atoms with Gasteiger partial charge in [-0.15, -0.1) is 12.6 Å². The summed E-state index contributed by atoms with van der Waals surface area (Å²) in [5.74, 6) is -1.29. The number of carboxylic acids is 1. The predicted octanol–water partition coefficient (Wildman–Crippen LogP) is 4.29. The van der Waals surface area contributed by atoms with E-state index in [1.54, 1.807) is 0 Å². The van der Waals surface area contributed by atoms with Gasteiger partial charge < -0.3 is 5.11 Å². The molecule has 0 amide bonds. The van der Waals surface area contributed by atoms with Gasteiger partial charge >= 0.3 is 5.97 Å². The van der Waals surface area contributed by atoms with Gasteiger partial charge in [-0.05, 0) is 0 Å². The third-order valence-electron chi connectivity index (χ3n) is 1.45. The molecule has 0 saturated heterocycles. The van der Waals surface area contributed by atoms with Crippen LogP contribution in [0.4, 0.5) is 0 Å². The van der Waals surface area contributed by atoms with E-state index in [-0.39, 0.29) is 30.5 Å². The molecule has 0 bridgehead atoms. The fraction of sp³-hybridized carbons (Fsp3) is 0. The Bertz CT molecular complexity index is 390. The van der Waals surface area contributed by atoms with Crippen LogP contribution in [0.15, 0.2) is 4.90 Å². The summed E-state index contributed by atoms with van der Waals surface area (Å²) in [7, 11) is 0. The second-order valence-electron chi connectivity index (χ2n) is 2.28. The third-order valence-corrected chi connectivity index (χ3v) is 3.87. The van der Waals surface area contributed by atoms with E-state index in [0.29, 0.717) is 0 Å². The molecule has 1 aromatic carbocycles. The van der Waals surface area contributed by atoms with Crippen LogP contribution in [-0.2, 0) is 0 Å². The Kier molecular flexibility index (Phi) is 3.83. The molecule has 0 atom stereocenters. The maximum absolute atomic E-state index is 10.7. The van der Waals surface area contributed by atoms with E-state index in [4.69, 9.17) is 51.5 Å². The molecule has 0 aliphatic rings. The standard InChI is InChI=1S/C7H2Cl4O2S/c8-2-1(7(12)13)3(9)5(11)6(14)4(2)10/h14H,(H,12,13). The fourth-order valence-electron chi connectivity index (χ4n) is 0.808. The molecule has 0 radical (unpaired) electrons. The van der Waals surface area contributed by atoms with Crippen molar-refractivity contribution in [1.29, 1.82) is 0 Å². The van der Waals surface area contributed by atoms with Gasteiger partial charge in [-0.3, -0.25) is 0 Å². The molecule has 0 unspecified atom stereocenters. The van der Waals surface area contributed by atoms with Crippen molar-refractivity contribution in [3.8, 4) is 0 Å². The molecule has 0 spiro atoms. The quantitative estimate of drug-likeness (QED) is 0.598. The Morgan fingerprint density at radius 1 is 1.00 bits per heavy atom. The van der Waals surface area contributed by atoms with E-state index in [9.17, 15) is 4.79 Å². The van der Waals surface area contributed by atoms with Gasteiger partial charge in [0, 0.05) is 4.90 Å². The van der Waals surface area contributed by atoms with Crippen LogP contribution in [0.5, 0.6) is 0 Å². The van der Waals surface area contributed by atoms with Crippen molar-refractivity contribution >= 4 is 65.0 Å². The Morgan fingerprint density at radius 2 is 1.36 bits per heavy atom. The van der Waals surface area contributed by atoms with Gasteiger partial charge in [-0.2, -0.15) is 0 Å². The topological polar surface area (TPSA) is 37.3 Å². The fourth-order valence-corrected chi connectivity index (χ4v) is 2.18. The van der Waals surface area contributed by atoms with Crippen molar-refractivity contribution < 1.29 is 9.90 Å². The van der Waals surface area contributed by atoms with Gasteiger partial charge in [0.05, 0.1) is 25.7 Å². The summed E-state index contributed by atoms with van der Waals surface area (Å²) in [6, 6.07) is 0. The maximum atomic E-state index is 10.7. The van der Waals surface area contributed by atoms with Crippen LogP contribution < -0.4 is 0 Å². The van der Waals surface area contributed by atoms with Crippen molar-refractivity contribution in [2.45, 2.75) is 4.90 Å². The molecule has 7 heteroatoms. The van der Waals surface area contributed by atoms with Gasteiger partial charge in [-0.25, -0.2) is 4.79 Å². The first kappa shape index (κ1) is 12.3. The summed E-state index contributed by atoms with van der Waals surface area (Å²) in [6.45, 7) is 0. The minimum atomic E-state index is -1.29. The zero-order valence-corrected chi connectivity index (χ0v) is 10.2. The van der Waals surface area contributed by atoms with E-state index < -0.39 is 5.97 Å². The molecular formula is C7H2Cl4O2S. The minimum Gasteiger partial charge on any atom is -0.478 e. The molecule has 76 valence electrons. The van der Waals surface area contributed by atoms with Crippen LogP contribution >= 0.6 is 59.0 Å². The van der Waals surface area contributed by atoms with Crippen LogP contribution in [-0.4, -0.2) is 11.1 Å². The van der Waals surface area contributed by atoms with E-state index >= 15 is 0 Å². The lowest BCUT2D eigenvalue weighted by atomic mass is 10.2. The minimum absolute atomic E-state index is 0.0261. The number of thiol groups is 1. The number of benzene rings is 1. The SMILES string of the molecule is O=C(O)c1c(Cl)c(Cl)c(S)c(Cl)c1Cl. The lowest BCUT2D eigenvalue weighted by Crippen LogP contribution is -2.00. The van der Waals surface area contributed by atoms with Crippen LogP contribution in [0, 0.1) is 0 Å². The number of hydrogen-bond acceptors (Lipinski definition) is 2. The summed E-state index contributed by atoms with van der Waals surface area (Å²) in [5.41, 5.74) is -0.318. The zero-order chi connectivity index (χ0) is 11.0. The normalized spacial score (nSPS) is 10.4. The van der Waals surface area contributed by atoms with Crippen molar-refractivity contribution in [2.75, 3.05) is 0 Å². The maximum Gasteiger partial charge on any atom is 0.338 e. The largest absolute Gasteiger partial charge is 0.478 e. The molecule has 0 heterocycles. The third kappa shape index (κ3) is 1.92.